The molecule has 0 aromatic heterocycles. The van der Waals surface area contributed by atoms with Gasteiger partial charge in [0.1, 0.15) is 5.82 Å². The number of benzene rings is 1. The first-order valence-corrected chi connectivity index (χ1v) is 7.49. The van der Waals surface area contributed by atoms with E-state index in [-0.39, 0.29) is 18.1 Å². The number of anilines is 1. The van der Waals surface area contributed by atoms with Crippen LogP contribution in [0.5, 0.6) is 0 Å². The summed E-state index contributed by atoms with van der Waals surface area (Å²) in [5, 5.41) is 5.83. The Bertz CT molecular complexity index is 471. The van der Waals surface area contributed by atoms with Gasteiger partial charge in [-0.15, -0.1) is 0 Å². The molecule has 0 atom stereocenters. The van der Waals surface area contributed by atoms with Gasteiger partial charge in [-0.05, 0) is 62.1 Å². The Morgan fingerprint density at radius 1 is 1.20 bits per heavy atom. The van der Waals surface area contributed by atoms with Crippen molar-refractivity contribution in [3.63, 3.8) is 0 Å². The first kappa shape index (κ1) is 13.6. The molecule has 2 aliphatic rings. The van der Waals surface area contributed by atoms with Gasteiger partial charge in [-0.1, -0.05) is 12.1 Å². The normalized spacial score (nSPS) is 18.3. The molecule has 1 aromatic rings. The number of hydrogen-bond donors (Lipinski definition) is 2. The van der Waals surface area contributed by atoms with Crippen molar-refractivity contribution < 1.29 is 9.18 Å². The molecular formula is C16H21FN2O. The number of halogens is 1. The third kappa shape index (κ3) is 3.57. The van der Waals surface area contributed by atoms with Crippen LogP contribution in [-0.4, -0.2) is 19.0 Å². The van der Waals surface area contributed by atoms with Gasteiger partial charge >= 0.3 is 0 Å². The molecule has 3 nitrogen and oxygen atoms in total. The van der Waals surface area contributed by atoms with E-state index in [0.717, 1.165) is 24.3 Å². The maximum atomic E-state index is 13.4. The van der Waals surface area contributed by atoms with Crippen LogP contribution in [0.4, 0.5) is 10.1 Å². The van der Waals surface area contributed by atoms with Gasteiger partial charge in [0, 0.05) is 0 Å². The van der Waals surface area contributed by atoms with E-state index >= 15 is 0 Å². The highest BCUT2D eigenvalue weighted by Gasteiger charge is 2.40. The van der Waals surface area contributed by atoms with Crippen LogP contribution in [0.2, 0.25) is 0 Å². The van der Waals surface area contributed by atoms with Crippen molar-refractivity contribution >= 4 is 11.6 Å². The van der Waals surface area contributed by atoms with Crippen molar-refractivity contribution in [2.24, 2.45) is 17.8 Å². The Morgan fingerprint density at radius 3 is 2.45 bits per heavy atom. The molecule has 0 saturated heterocycles. The van der Waals surface area contributed by atoms with Crippen LogP contribution < -0.4 is 10.6 Å². The minimum Gasteiger partial charge on any atom is -0.322 e. The molecule has 0 radical (unpaired) electrons. The summed E-state index contributed by atoms with van der Waals surface area (Å²) in [4.78, 5) is 11.8. The predicted molar refractivity (Wildman–Crippen MR) is 76.8 cm³/mol. The second-order valence-corrected chi connectivity index (χ2v) is 6.00. The van der Waals surface area contributed by atoms with Gasteiger partial charge in [0.25, 0.3) is 0 Å². The van der Waals surface area contributed by atoms with Crippen LogP contribution in [0.25, 0.3) is 0 Å². The monoisotopic (exact) mass is 276 g/mol. The van der Waals surface area contributed by atoms with E-state index in [1.807, 2.05) is 0 Å². The Kier molecular flexibility index (Phi) is 4.01. The summed E-state index contributed by atoms with van der Waals surface area (Å²) in [5.41, 5.74) is 0.250. The minimum atomic E-state index is -0.394. The van der Waals surface area contributed by atoms with Gasteiger partial charge in [0.2, 0.25) is 5.91 Å². The lowest BCUT2D eigenvalue weighted by Crippen LogP contribution is -2.33. The van der Waals surface area contributed by atoms with E-state index in [1.165, 1.54) is 31.7 Å². The summed E-state index contributed by atoms with van der Waals surface area (Å²) in [5.74, 6) is 1.93. The van der Waals surface area contributed by atoms with Crippen LogP contribution in [0.15, 0.2) is 24.3 Å². The van der Waals surface area contributed by atoms with Crippen molar-refractivity contribution in [3.05, 3.63) is 30.1 Å². The summed E-state index contributed by atoms with van der Waals surface area (Å²) in [6.45, 7) is 1.17. The van der Waals surface area contributed by atoms with Gasteiger partial charge in [-0.25, -0.2) is 4.39 Å². The van der Waals surface area contributed by atoms with Gasteiger partial charge in [0.15, 0.2) is 0 Å². The van der Waals surface area contributed by atoms with E-state index in [4.69, 9.17) is 0 Å². The summed E-state index contributed by atoms with van der Waals surface area (Å²) in [6, 6.07) is 6.24. The smallest absolute Gasteiger partial charge is 0.238 e. The molecule has 3 rings (SSSR count). The molecule has 1 aromatic carbocycles. The van der Waals surface area contributed by atoms with Crippen LogP contribution >= 0.6 is 0 Å². The zero-order valence-corrected chi connectivity index (χ0v) is 11.6. The SMILES string of the molecule is O=C(CNCC(C1CC1)C1CC1)Nc1ccccc1F. The Morgan fingerprint density at radius 2 is 1.85 bits per heavy atom. The zero-order valence-electron chi connectivity index (χ0n) is 11.6. The molecule has 0 heterocycles. The fourth-order valence-electron chi connectivity index (χ4n) is 2.88. The molecule has 2 N–H and O–H groups in total. The number of nitrogens with one attached hydrogen (secondary N) is 2. The summed E-state index contributed by atoms with van der Waals surface area (Å²) in [6.07, 6.45) is 5.41. The second kappa shape index (κ2) is 5.92. The number of rotatable bonds is 7. The van der Waals surface area contributed by atoms with Gasteiger partial charge in [0.05, 0.1) is 12.2 Å². The molecule has 4 heteroatoms. The molecule has 1 amide bonds. The molecule has 0 aliphatic heterocycles. The quantitative estimate of drug-likeness (QED) is 0.804. The van der Waals surface area contributed by atoms with Crippen molar-refractivity contribution in [1.29, 1.82) is 0 Å². The largest absolute Gasteiger partial charge is 0.322 e. The second-order valence-electron chi connectivity index (χ2n) is 6.00. The highest BCUT2D eigenvalue weighted by Crippen LogP contribution is 2.48. The predicted octanol–water partition coefficient (Wildman–Crippen LogP) is 2.79. The standard InChI is InChI=1S/C16H21FN2O/c17-14-3-1-2-4-15(14)19-16(20)10-18-9-13(11-5-6-11)12-7-8-12/h1-4,11-13,18H,5-10H2,(H,19,20). The highest BCUT2D eigenvalue weighted by atomic mass is 19.1. The third-order valence-electron chi connectivity index (χ3n) is 4.27. The van der Waals surface area contributed by atoms with E-state index in [9.17, 15) is 9.18 Å². The van der Waals surface area contributed by atoms with Crippen LogP contribution in [0, 0.1) is 23.6 Å². The lowest BCUT2D eigenvalue weighted by atomic mass is 9.98. The lowest BCUT2D eigenvalue weighted by molar-refractivity contribution is -0.115. The number of carbonyl (C=O) groups excluding carboxylic acids is 1. The van der Waals surface area contributed by atoms with E-state index < -0.39 is 5.82 Å². The summed E-state index contributed by atoms with van der Waals surface area (Å²) in [7, 11) is 0. The van der Waals surface area contributed by atoms with Crippen LogP contribution in [0.1, 0.15) is 25.7 Å². The summed E-state index contributed by atoms with van der Waals surface area (Å²) >= 11 is 0. The van der Waals surface area contributed by atoms with Gasteiger partial charge in [-0.3, -0.25) is 4.79 Å². The molecule has 0 unspecified atom stereocenters. The molecule has 0 spiro atoms. The van der Waals surface area contributed by atoms with Crippen molar-refractivity contribution in [1.82, 2.24) is 5.32 Å². The maximum Gasteiger partial charge on any atom is 0.238 e. The van der Waals surface area contributed by atoms with Crippen molar-refractivity contribution in [2.45, 2.75) is 25.7 Å². The first-order valence-electron chi connectivity index (χ1n) is 7.49. The van der Waals surface area contributed by atoms with Crippen LogP contribution in [-0.2, 0) is 4.79 Å². The average Bonchev–Trinajstić information content (AvgIpc) is 3.30. The first-order chi connectivity index (χ1) is 9.74. The highest BCUT2D eigenvalue weighted by molar-refractivity contribution is 5.92. The fourth-order valence-corrected chi connectivity index (χ4v) is 2.88. The lowest BCUT2D eigenvalue weighted by Gasteiger charge is -2.16. The number of carbonyl (C=O) groups is 1. The molecule has 108 valence electrons. The van der Waals surface area contributed by atoms with E-state index in [1.54, 1.807) is 18.2 Å². The van der Waals surface area contributed by atoms with Gasteiger partial charge < -0.3 is 10.6 Å². The topological polar surface area (TPSA) is 41.1 Å². The fraction of sp³-hybridized carbons (Fsp3) is 0.562. The maximum absolute atomic E-state index is 13.4. The van der Waals surface area contributed by atoms with E-state index in [0.29, 0.717) is 0 Å². The molecule has 2 fully saturated rings. The minimum absolute atomic E-state index is 0.180. The van der Waals surface area contributed by atoms with Crippen LogP contribution in [0.3, 0.4) is 0 Å². The molecular weight excluding hydrogens is 255 g/mol. The van der Waals surface area contributed by atoms with Crippen molar-refractivity contribution in [3.8, 4) is 0 Å². The molecule has 2 saturated carbocycles. The number of hydrogen-bond acceptors (Lipinski definition) is 2. The van der Waals surface area contributed by atoms with Gasteiger partial charge in [-0.2, -0.15) is 0 Å². The van der Waals surface area contributed by atoms with Crippen molar-refractivity contribution in [2.75, 3.05) is 18.4 Å². The Balaban J connectivity index is 1.41. The Labute approximate surface area is 118 Å². The molecule has 2 aliphatic carbocycles. The average molecular weight is 276 g/mol. The third-order valence-corrected chi connectivity index (χ3v) is 4.27. The zero-order chi connectivity index (χ0) is 13.9. The number of amides is 1. The Hall–Kier alpha value is -1.42. The molecule has 0 bridgehead atoms. The van der Waals surface area contributed by atoms with E-state index in [2.05, 4.69) is 10.6 Å². The summed E-state index contributed by atoms with van der Waals surface area (Å²) < 4.78 is 13.4. The molecule has 20 heavy (non-hydrogen) atoms. The number of para-hydroxylation sites is 1.